The average Bonchev–Trinajstić information content (AvgIpc) is 2.98. The molecule has 94 valence electrons. The maximum absolute atomic E-state index is 11.5. The molecule has 0 bridgehead atoms. The fraction of sp³-hybridized carbons (Fsp3) is 0.667. The third kappa shape index (κ3) is 2.35. The maximum Gasteiger partial charge on any atom is 0.308 e. The van der Waals surface area contributed by atoms with Crippen LogP contribution >= 0.6 is 11.3 Å². The third-order valence-electron chi connectivity index (χ3n) is 3.63. The molecular formula is C12H17NO3S. The Hall–Kier alpha value is -0.940. The fourth-order valence-corrected chi connectivity index (χ4v) is 3.30. The van der Waals surface area contributed by atoms with E-state index < -0.39 is 5.60 Å². The molecule has 0 amide bonds. The molecule has 0 spiro atoms. The number of thiazole rings is 1. The van der Waals surface area contributed by atoms with Gasteiger partial charge >= 0.3 is 5.97 Å². The molecule has 0 saturated heterocycles. The van der Waals surface area contributed by atoms with Gasteiger partial charge in [0.05, 0.1) is 13.0 Å². The summed E-state index contributed by atoms with van der Waals surface area (Å²) in [4.78, 5) is 15.6. The molecule has 1 N–H and O–H groups in total. The molecule has 0 aromatic carbocycles. The van der Waals surface area contributed by atoms with E-state index in [1.807, 2.05) is 5.38 Å². The largest absolute Gasteiger partial charge is 0.469 e. The van der Waals surface area contributed by atoms with Gasteiger partial charge in [0.25, 0.3) is 0 Å². The van der Waals surface area contributed by atoms with Crippen molar-refractivity contribution in [2.24, 2.45) is 11.8 Å². The SMILES string of the molecule is COC(=O)[C@H]1CC[C@@H]([C@](C)(O)c2nccs2)C1. The van der Waals surface area contributed by atoms with E-state index in [0.29, 0.717) is 6.42 Å². The van der Waals surface area contributed by atoms with Gasteiger partial charge in [0.15, 0.2) is 0 Å². The lowest BCUT2D eigenvalue weighted by Gasteiger charge is -2.27. The van der Waals surface area contributed by atoms with E-state index in [0.717, 1.165) is 17.8 Å². The molecule has 17 heavy (non-hydrogen) atoms. The van der Waals surface area contributed by atoms with Gasteiger partial charge in [-0.1, -0.05) is 0 Å². The first-order valence-corrected chi connectivity index (χ1v) is 6.64. The van der Waals surface area contributed by atoms with Crippen LogP contribution in [0.15, 0.2) is 11.6 Å². The van der Waals surface area contributed by atoms with E-state index in [2.05, 4.69) is 4.98 Å². The lowest BCUT2D eigenvalue weighted by Crippen LogP contribution is -2.30. The van der Waals surface area contributed by atoms with Crippen molar-refractivity contribution >= 4 is 17.3 Å². The number of nitrogens with zero attached hydrogens (tertiary/aromatic N) is 1. The molecule has 1 fully saturated rings. The van der Waals surface area contributed by atoms with Gasteiger partial charge in [0.2, 0.25) is 0 Å². The highest BCUT2D eigenvalue weighted by molar-refractivity contribution is 7.09. The number of ether oxygens (including phenoxy) is 1. The first-order chi connectivity index (χ1) is 8.05. The smallest absolute Gasteiger partial charge is 0.308 e. The number of carbonyl (C=O) groups excluding carboxylic acids is 1. The number of methoxy groups -OCH3 is 1. The number of aromatic nitrogens is 1. The van der Waals surface area contributed by atoms with Crippen molar-refractivity contribution < 1.29 is 14.6 Å². The van der Waals surface area contributed by atoms with Crippen LogP contribution in [0.2, 0.25) is 0 Å². The normalized spacial score (nSPS) is 27.7. The molecule has 1 aliphatic rings. The minimum atomic E-state index is -0.934. The summed E-state index contributed by atoms with van der Waals surface area (Å²) in [5, 5.41) is 13.1. The average molecular weight is 255 g/mol. The Labute approximate surface area is 105 Å². The molecule has 4 nitrogen and oxygen atoms in total. The van der Waals surface area contributed by atoms with Crippen molar-refractivity contribution in [2.45, 2.75) is 31.8 Å². The van der Waals surface area contributed by atoms with Gasteiger partial charge in [-0.05, 0) is 32.1 Å². The van der Waals surface area contributed by atoms with Gasteiger partial charge in [0, 0.05) is 11.6 Å². The van der Waals surface area contributed by atoms with E-state index in [9.17, 15) is 9.90 Å². The molecule has 1 aromatic rings. The van der Waals surface area contributed by atoms with E-state index in [-0.39, 0.29) is 17.8 Å². The monoisotopic (exact) mass is 255 g/mol. The molecule has 5 heteroatoms. The van der Waals surface area contributed by atoms with Crippen molar-refractivity contribution in [1.29, 1.82) is 0 Å². The molecule has 0 aliphatic heterocycles. The molecule has 3 atom stereocenters. The molecule has 2 rings (SSSR count). The van der Waals surface area contributed by atoms with Crippen LogP contribution in [0.5, 0.6) is 0 Å². The zero-order valence-electron chi connectivity index (χ0n) is 10.0. The van der Waals surface area contributed by atoms with Crippen LogP contribution in [-0.4, -0.2) is 23.2 Å². The number of carbonyl (C=O) groups is 1. The van der Waals surface area contributed by atoms with Gasteiger partial charge in [0.1, 0.15) is 10.6 Å². The minimum absolute atomic E-state index is 0.0727. The van der Waals surface area contributed by atoms with Gasteiger partial charge in [-0.2, -0.15) is 0 Å². The summed E-state index contributed by atoms with van der Waals surface area (Å²) in [6, 6.07) is 0. The summed E-state index contributed by atoms with van der Waals surface area (Å²) in [5.74, 6) is -0.156. The summed E-state index contributed by atoms with van der Waals surface area (Å²) < 4.78 is 4.75. The molecule has 1 saturated carbocycles. The second-order valence-electron chi connectivity index (χ2n) is 4.71. The number of hydrogen-bond acceptors (Lipinski definition) is 5. The summed E-state index contributed by atoms with van der Waals surface area (Å²) in [5.41, 5.74) is -0.934. The summed E-state index contributed by atoms with van der Waals surface area (Å²) in [6.07, 6.45) is 4.01. The zero-order valence-corrected chi connectivity index (χ0v) is 10.9. The Bertz CT molecular complexity index is 388. The topological polar surface area (TPSA) is 59.4 Å². The van der Waals surface area contributed by atoms with Gasteiger partial charge < -0.3 is 9.84 Å². The fourth-order valence-electron chi connectivity index (χ4n) is 2.52. The molecule has 1 heterocycles. The highest BCUT2D eigenvalue weighted by Gasteiger charge is 2.42. The molecule has 1 aliphatic carbocycles. The van der Waals surface area contributed by atoms with E-state index in [1.54, 1.807) is 13.1 Å². The first kappa shape index (κ1) is 12.5. The standard InChI is InChI=1S/C12H17NO3S/c1-12(15,11-13-5-6-17-11)9-4-3-8(7-9)10(14)16-2/h5-6,8-9,15H,3-4,7H2,1-2H3/t8-,9+,12-/m0/s1. The summed E-state index contributed by atoms with van der Waals surface area (Å²) >= 11 is 1.45. The Morgan fingerprint density at radius 2 is 2.41 bits per heavy atom. The molecule has 0 radical (unpaired) electrons. The van der Waals surface area contributed by atoms with Crippen molar-refractivity contribution in [3.63, 3.8) is 0 Å². The van der Waals surface area contributed by atoms with Crippen molar-refractivity contribution in [2.75, 3.05) is 7.11 Å². The lowest BCUT2D eigenvalue weighted by atomic mass is 9.87. The van der Waals surface area contributed by atoms with Crippen LogP contribution in [-0.2, 0) is 15.1 Å². The van der Waals surface area contributed by atoms with E-state index >= 15 is 0 Å². The lowest BCUT2D eigenvalue weighted by molar-refractivity contribution is -0.145. The number of aliphatic hydroxyl groups is 1. The predicted molar refractivity (Wildman–Crippen MR) is 64.5 cm³/mol. The van der Waals surface area contributed by atoms with Crippen LogP contribution in [0.3, 0.4) is 0 Å². The Balaban J connectivity index is 2.08. The first-order valence-electron chi connectivity index (χ1n) is 5.76. The summed E-state index contributed by atoms with van der Waals surface area (Å²) in [6.45, 7) is 1.79. The van der Waals surface area contributed by atoms with Gasteiger partial charge in [-0.15, -0.1) is 11.3 Å². The Morgan fingerprint density at radius 1 is 1.65 bits per heavy atom. The maximum atomic E-state index is 11.5. The third-order valence-corrected chi connectivity index (χ3v) is 4.63. The van der Waals surface area contributed by atoms with Crippen LogP contribution in [0, 0.1) is 11.8 Å². The summed E-state index contributed by atoms with van der Waals surface area (Å²) in [7, 11) is 1.41. The quantitative estimate of drug-likeness (QED) is 0.839. The number of esters is 1. The predicted octanol–water partition coefficient (Wildman–Crippen LogP) is 1.94. The van der Waals surface area contributed by atoms with Crippen LogP contribution in [0.1, 0.15) is 31.2 Å². The number of hydrogen-bond donors (Lipinski definition) is 1. The Kier molecular flexibility index (Phi) is 3.49. The van der Waals surface area contributed by atoms with Crippen molar-refractivity contribution in [3.8, 4) is 0 Å². The molecule has 0 unspecified atom stereocenters. The second kappa shape index (κ2) is 4.74. The van der Waals surface area contributed by atoms with Crippen molar-refractivity contribution in [1.82, 2.24) is 4.98 Å². The second-order valence-corrected chi connectivity index (χ2v) is 5.61. The highest BCUT2D eigenvalue weighted by Crippen LogP contribution is 2.43. The van der Waals surface area contributed by atoms with Gasteiger partial charge in [-0.25, -0.2) is 4.98 Å². The van der Waals surface area contributed by atoms with Crippen LogP contribution in [0.4, 0.5) is 0 Å². The van der Waals surface area contributed by atoms with E-state index in [4.69, 9.17) is 4.74 Å². The van der Waals surface area contributed by atoms with E-state index in [1.165, 1.54) is 18.4 Å². The van der Waals surface area contributed by atoms with Crippen LogP contribution < -0.4 is 0 Å². The highest BCUT2D eigenvalue weighted by atomic mass is 32.1. The molecular weight excluding hydrogens is 238 g/mol. The Morgan fingerprint density at radius 3 is 3.00 bits per heavy atom. The molecule has 1 aromatic heterocycles. The minimum Gasteiger partial charge on any atom is -0.469 e. The number of rotatable bonds is 3. The van der Waals surface area contributed by atoms with Gasteiger partial charge in [-0.3, -0.25) is 4.79 Å². The van der Waals surface area contributed by atoms with Crippen LogP contribution in [0.25, 0.3) is 0 Å². The zero-order chi connectivity index (χ0) is 12.5. The van der Waals surface area contributed by atoms with Crippen molar-refractivity contribution in [3.05, 3.63) is 16.6 Å².